The highest BCUT2D eigenvalue weighted by molar-refractivity contribution is 6.31. The first-order chi connectivity index (χ1) is 12.0. The van der Waals surface area contributed by atoms with E-state index in [9.17, 15) is 9.90 Å². The highest BCUT2D eigenvalue weighted by Crippen LogP contribution is 2.37. The lowest BCUT2D eigenvalue weighted by Gasteiger charge is -2.40. The van der Waals surface area contributed by atoms with Gasteiger partial charge in [-0.05, 0) is 49.6 Å². The fourth-order valence-electron chi connectivity index (χ4n) is 3.47. The standard InChI is InChI=1S/C21H24ClNO2/c1-2-5-20(24)16-8-10-17(11-9-16)23-14-12-21(25,13-15-23)18-6-3-4-7-19(18)22/h3-4,6-11,25H,2,5,12-15H2,1H3. The van der Waals surface area contributed by atoms with Crippen molar-refractivity contribution < 1.29 is 9.90 Å². The molecule has 1 aliphatic heterocycles. The Morgan fingerprint density at radius 3 is 2.36 bits per heavy atom. The van der Waals surface area contributed by atoms with E-state index < -0.39 is 5.60 Å². The number of carbonyl (C=O) groups excluding carboxylic acids is 1. The number of ketones is 1. The highest BCUT2D eigenvalue weighted by atomic mass is 35.5. The molecule has 0 aromatic heterocycles. The maximum atomic E-state index is 11.9. The zero-order valence-corrected chi connectivity index (χ0v) is 15.3. The van der Waals surface area contributed by atoms with Gasteiger partial charge in [-0.3, -0.25) is 4.79 Å². The second-order valence-electron chi connectivity index (χ2n) is 6.72. The zero-order chi connectivity index (χ0) is 17.9. The van der Waals surface area contributed by atoms with Crippen molar-refractivity contribution in [1.29, 1.82) is 0 Å². The molecule has 0 amide bonds. The van der Waals surface area contributed by atoms with Crippen molar-refractivity contribution in [3.05, 3.63) is 64.7 Å². The second kappa shape index (κ2) is 7.59. The summed E-state index contributed by atoms with van der Waals surface area (Å²) in [5.74, 6) is 0.195. The summed E-state index contributed by atoms with van der Waals surface area (Å²) in [5.41, 5.74) is 1.81. The number of nitrogens with zero attached hydrogens (tertiary/aromatic N) is 1. The summed E-state index contributed by atoms with van der Waals surface area (Å²) in [6.07, 6.45) is 2.72. The number of Topliss-reactive ketones (excluding diaryl/α,β-unsaturated/α-hetero) is 1. The number of halogens is 1. The molecule has 1 heterocycles. The van der Waals surface area contributed by atoms with Crippen LogP contribution in [0.5, 0.6) is 0 Å². The Bertz CT molecular complexity index is 734. The molecular weight excluding hydrogens is 334 g/mol. The van der Waals surface area contributed by atoms with Crippen LogP contribution in [0.25, 0.3) is 0 Å². The van der Waals surface area contributed by atoms with Gasteiger partial charge in [0.25, 0.3) is 0 Å². The summed E-state index contributed by atoms with van der Waals surface area (Å²) >= 11 is 6.27. The topological polar surface area (TPSA) is 40.5 Å². The lowest BCUT2D eigenvalue weighted by molar-refractivity contribution is 0.0119. The molecule has 3 nitrogen and oxygen atoms in total. The van der Waals surface area contributed by atoms with Gasteiger partial charge in [0.15, 0.2) is 5.78 Å². The molecule has 2 aromatic rings. The summed E-state index contributed by atoms with van der Waals surface area (Å²) in [6.45, 7) is 3.52. The van der Waals surface area contributed by atoms with E-state index in [0.29, 0.717) is 24.3 Å². The molecule has 25 heavy (non-hydrogen) atoms. The molecule has 3 rings (SSSR count). The summed E-state index contributed by atoms with van der Waals surface area (Å²) in [4.78, 5) is 14.2. The second-order valence-corrected chi connectivity index (χ2v) is 7.13. The van der Waals surface area contributed by atoms with Gasteiger partial charge in [0.05, 0.1) is 5.60 Å². The van der Waals surface area contributed by atoms with Gasteiger partial charge in [-0.2, -0.15) is 0 Å². The first kappa shape index (κ1) is 18.0. The first-order valence-electron chi connectivity index (χ1n) is 8.89. The minimum Gasteiger partial charge on any atom is -0.385 e. The van der Waals surface area contributed by atoms with Crippen molar-refractivity contribution in [3.8, 4) is 0 Å². The van der Waals surface area contributed by atoms with E-state index in [1.54, 1.807) is 0 Å². The predicted molar refractivity (Wildman–Crippen MR) is 102 cm³/mol. The van der Waals surface area contributed by atoms with E-state index in [1.165, 1.54) is 0 Å². The summed E-state index contributed by atoms with van der Waals surface area (Å²) < 4.78 is 0. The van der Waals surface area contributed by atoms with Crippen molar-refractivity contribution in [2.75, 3.05) is 18.0 Å². The maximum absolute atomic E-state index is 11.9. The van der Waals surface area contributed by atoms with Crippen molar-refractivity contribution >= 4 is 23.1 Å². The van der Waals surface area contributed by atoms with Crippen LogP contribution < -0.4 is 4.90 Å². The minimum absolute atomic E-state index is 0.195. The van der Waals surface area contributed by atoms with Gasteiger partial charge in [0.1, 0.15) is 0 Å². The van der Waals surface area contributed by atoms with E-state index in [4.69, 9.17) is 11.6 Å². The van der Waals surface area contributed by atoms with Crippen LogP contribution in [-0.4, -0.2) is 24.0 Å². The van der Waals surface area contributed by atoms with Gasteiger partial charge in [-0.25, -0.2) is 0 Å². The molecule has 1 saturated heterocycles. The molecular formula is C21H24ClNO2. The van der Waals surface area contributed by atoms with Gasteiger partial charge < -0.3 is 10.0 Å². The number of hydrogen-bond donors (Lipinski definition) is 1. The van der Waals surface area contributed by atoms with Crippen molar-refractivity contribution in [2.45, 2.75) is 38.2 Å². The Balaban J connectivity index is 1.68. The molecule has 1 fully saturated rings. The molecule has 0 saturated carbocycles. The van der Waals surface area contributed by atoms with Crippen LogP contribution in [0.2, 0.25) is 5.02 Å². The molecule has 0 bridgehead atoms. The number of piperidine rings is 1. The quantitative estimate of drug-likeness (QED) is 0.780. The Labute approximate surface area is 154 Å². The fraction of sp³-hybridized carbons (Fsp3) is 0.381. The molecule has 2 aromatic carbocycles. The van der Waals surface area contributed by atoms with Crippen LogP contribution in [0.4, 0.5) is 5.69 Å². The zero-order valence-electron chi connectivity index (χ0n) is 14.5. The number of rotatable bonds is 5. The first-order valence-corrected chi connectivity index (χ1v) is 9.27. The van der Waals surface area contributed by atoms with Gasteiger partial charge >= 0.3 is 0 Å². The molecule has 0 spiro atoms. The van der Waals surface area contributed by atoms with Gasteiger partial charge in [-0.15, -0.1) is 0 Å². The number of aliphatic hydroxyl groups is 1. The average molecular weight is 358 g/mol. The smallest absolute Gasteiger partial charge is 0.162 e. The third-order valence-corrected chi connectivity index (χ3v) is 5.33. The third kappa shape index (κ3) is 3.88. The van der Waals surface area contributed by atoms with Crippen LogP contribution in [0.15, 0.2) is 48.5 Å². The van der Waals surface area contributed by atoms with Gasteiger partial charge in [-0.1, -0.05) is 36.7 Å². The number of hydrogen-bond acceptors (Lipinski definition) is 3. The normalized spacial score (nSPS) is 16.7. The average Bonchev–Trinajstić information content (AvgIpc) is 2.63. The number of carbonyl (C=O) groups is 1. The molecule has 0 atom stereocenters. The highest BCUT2D eigenvalue weighted by Gasteiger charge is 2.35. The fourth-order valence-corrected chi connectivity index (χ4v) is 3.78. The Kier molecular flexibility index (Phi) is 5.45. The molecule has 1 aliphatic rings. The number of benzene rings is 2. The monoisotopic (exact) mass is 357 g/mol. The lowest BCUT2D eigenvalue weighted by atomic mass is 9.84. The van der Waals surface area contributed by atoms with Crippen LogP contribution in [0, 0.1) is 0 Å². The van der Waals surface area contributed by atoms with Crippen LogP contribution in [0.3, 0.4) is 0 Å². The lowest BCUT2D eigenvalue weighted by Crippen LogP contribution is -2.42. The predicted octanol–water partition coefficient (Wildman–Crippen LogP) is 4.81. The van der Waals surface area contributed by atoms with Gasteiger partial charge in [0, 0.05) is 41.3 Å². The van der Waals surface area contributed by atoms with Crippen LogP contribution in [-0.2, 0) is 5.60 Å². The van der Waals surface area contributed by atoms with E-state index in [1.807, 2.05) is 55.5 Å². The third-order valence-electron chi connectivity index (χ3n) is 5.00. The molecule has 0 aliphatic carbocycles. The van der Waals surface area contributed by atoms with Crippen molar-refractivity contribution in [1.82, 2.24) is 0 Å². The van der Waals surface area contributed by atoms with Crippen LogP contribution >= 0.6 is 11.6 Å². The minimum atomic E-state index is -0.869. The molecule has 132 valence electrons. The molecule has 0 radical (unpaired) electrons. The van der Waals surface area contributed by atoms with E-state index in [2.05, 4.69) is 4.90 Å². The summed E-state index contributed by atoms with van der Waals surface area (Å²) in [5, 5.41) is 11.6. The van der Waals surface area contributed by atoms with E-state index in [0.717, 1.165) is 36.3 Å². The van der Waals surface area contributed by atoms with E-state index >= 15 is 0 Å². The summed E-state index contributed by atoms with van der Waals surface area (Å²) in [6, 6.07) is 15.3. The van der Waals surface area contributed by atoms with Crippen LogP contribution in [0.1, 0.15) is 48.5 Å². The molecule has 0 unspecified atom stereocenters. The SMILES string of the molecule is CCCC(=O)c1ccc(N2CCC(O)(c3ccccc3Cl)CC2)cc1. The number of anilines is 1. The molecule has 4 heteroatoms. The van der Waals surface area contributed by atoms with E-state index in [-0.39, 0.29) is 5.78 Å². The summed E-state index contributed by atoms with van der Waals surface area (Å²) in [7, 11) is 0. The largest absolute Gasteiger partial charge is 0.385 e. The Hall–Kier alpha value is -1.84. The van der Waals surface area contributed by atoms with Crippen molar-refractivity contribution in [2.24, 2.45) is 0 Å². The maximum Gasteiger partial charge on any atom is 0.162 e. The Morgan fingerprint density at radius 2 is 1.76 bits per heavy atom. The molecule has 1 N–H and O–H groups in total. The van der Waals surface area contributed by atoms with Crippen molar-refractivity contribution in [3.63, 3.8) is 0 Å². The van der Waals surface area contributed by atoms with Gasteiger partial charge in [0.2, 0.25) is 0 Å². The Morgan fingerprint density at radius 1 is 1.12 bits per heavy atom.